The van der Waals surface area contributed by atoms with Crippen LogP contribution in [-0.4, -0.2) is 43.9 Å². The van der Waals surface area contributed by atoms with Gasteiger partial charge in [-0.3, -0.25) is 14.9 Å². The molecule has 0 radical (unpaired) electrons. The van der Waals surface area contributed by atoms with Crippen molar-refractivity contribution >= 4 is 40.7 Å². The van der Waals surface area contributed by atoms with E-state index in [-0.39, 0.29) is 29.9 Å². The van der Waals surface area contributed by atoms with Crippen LogP contribution in [0.5, 0.6) is 0 Å². The van der Waals surface area contributed by atoms with Crippen LogP contribution in [-0.2, 0) is 26.7 Å². The van der Waals surface area contributed by atoms with Crippen LogP contribution in [0.1, 0.15) is 24.6 Å². The number of carbonyl (C=O) groups is 2. The number of hydrogen-bond acceptors (Lipinski definition) is 9. The van der Waals surface area contributed by atoms with E-state index in [0.717, 1.165) is 21.2 Å². The van der Waals surface area contributed by atoms with E-state index in [2.05, 4.69) is 0 Å². The molecular weight excluding hydrogens is 514 g/mol. The molecule has 0 bridgehead atoms. The van der Waals surface area contributed by atoms with Crippen molar-refractivity contribution in [3.05, 3.63) is 92.0 Å². The van der Waals surface area contributed by atoms with Crippen LogP contribution in [0.2, 0.25) is 0 Å². The van der Waals surface area contributed by atoms with Gasteiger partial charge in [0, 0.05) is 40.2 Å². The lowest BCUT2D eigenvalue weighted by molar-refractivity contribution is -0.384. The van der Waals surface area contributed by atoms with Crippen molar-refractivity contribution in [2.24, 2.45) is 5.92 Å². The van der Waals surface area contributed by atoms with Gasteiger partial charge in [0.05, 0.1) is 28.7 Å². The molecule has 3 heterocycles. The normalized spacial score (nSPS) is 19.4. The number of fused-ring (bicyclic) bond motifs is 1. The molecule has 1 N–H and O–H groups in total. The van der Waals surface area contributed by atoms with Crippen LogP contribution in [0.4, 0.5) is 5.69 Å². The van der Waals surface area contributed by atoms with Crippen molar-refractivity contribution in [3.63, 3.8) is 0 Å². The standard InChI is InChI=1S/C26H23N3O6S2/c1-15(30)22-20-11-21(36-13-18-14-37-24(27-18)17-5-3-2-4-6-17)23(28(20)25(22)31)26(32)35-12-16-7-9-19(10-8-16)29(33)34/h2-10,14-15,20,22,30H,11-13H2,1H3/t15-,20+,22-/m0/s1. The summed E-state index contributed by atoms with van der Waals surface area (Å²) in [5, 5.41) is 23.8. The Hall–Kier alpha value is -3.54. The first-order valence-corrected chi connectivity index (χ1v) is 13.5. The Kier molecular flexibility index (Phi) is 7.09. The summed E-state index contributed by atoms with van der Waals surface area (Å²) in [6, 6.07) is 15.3. The molecule has 11 heteroatoms. The van der Waals surface area contributed by atoms with E-state index in [9.17, 15) is 24.8 Å². The SMILES string of the molecule is C[C@H](O)[C@@H]1C(=O)N2C(C(=O)OCc3ccc([N+](=O)[O-])cc3)=C(SCc3csc(-c4ccccc4)n3)C[C@H]12. The zero-order valence-electron chi connectivity index (χ0n) is 19.8. The van der Waals surface area contributed by atoms with Crippen molar-refractivity contribution in [3.8, 4) is 10.6 Å². The van der Waals surface area contributed by atoms with Gasteiger partial charge in [-0.25, -0.2) is 9.78 Å². The molecule has 1 aromatic heterocycles. The number of β-lactam (4-membered cyclic amide) rings is 1. The topological polar surface area (TPSA) is 123 Å². The van der Waals surface area contributed by atoms with E-state index in [1.165, 1.54) is 40.9 Å². The number of thiazole rings is 1. The second-order valence-electron chi connectivity index (χ2n) is 8.82. The molecule has 3 aromatic rings. The number of aromatic nitrogens is 1. The molecule has 0 spiro atoms. The molecule has 37 heavy (non-hydrogen) atoms. The first-order valence-electron chi connectivity index (χ1n) is 11.6. The van der Waals surface area contributed by atoms with Crippen molar-refractivity contribution in [2.75, 3.05) is 0 Å². The van der Waals surface area contributed by atoms with Crippen LogP contribution in [0.15, 0.2) is 70.6 Å². The van der Waals surface area contributed by atoms with Gasteiger partial charge in [0.15, 0.2) is 0 Å². The molecule has 2 aliphatic rings. The van der Waals surface area contributed by atoms with Gasteiger partial charge in [-0.1, -0.05) is 30.3 Å². The molecule has 2 aliphatic heterocycles. The quantitative estimate of drug-likeness (QED) is 0.183. The van der Waals surface area contributed by atoms with E-state index in [4.69, 9.17) is 9.72 Å². The summed E-state index contributed by atoms with van der Waals surface area (Å²) in [7, 11) is 0. The number of thioether (sulfide) groups is 1. The maximum Gasteiger partial charge on any atom is 0.356 e. The molecule has 1 fully saturated rings. The maximum absolute atomic E-state index is 13.1. The predicted octanol–water partition coefficient (Wildman–Crippen LogP) is 4.52. The Morgan fingerprint density at radius 1 is 1.27 bits per heavy atom. The molecule has 0 aliphatic carbocycles. The summed E-state index contributed by atoms with van der Waals surface area (Å²) >= 11 is 2.99. The van der Waals surface area contributed by atoms with Gasteiger partial charge < -0.3 is 14.7 Å². The Balaban J connectivity index is 1.31. The van der Waals surface area contributed by atoms with Gasteiger partial charge >= 0.3 is 5.97 Å². The van der Waals surface area contributed by atoms with Gasteiger partial charge in [0.2, 0.25) is 5.91 Å². The minimum atomic E-state index is -0.817. The van der Waals surface area contributed by atoms with E-state index >= 15 is 0 Å². The Labute approximate surface area is 220 Å². The first kappa shape index (κ1) is 25.1. The lowest BCUT2D eigenvalue weighted by atomic mass is 9.83. The van der Waals surface area contributed by atoms with E-state index in [0.29, 0.717) is 17.7 Å². The monoisotopic (exact) mass is 537 g/mol. The summed E-state index contributed by atoms with van der Waals surface area (Å²) in [5.74, 6) is -0.965. The molecule has 3 atom stereocenters. The van der Waals surface area contributed by atoms with E-state index in [1.54, 1.807) is 18.3 Å². The molecule has 190 valence electrons. The van der Waals surface area contributed by atoms with Crippen molar-refractivity contribution in [1.82, 2.24) is 9.88 Å². The number of aliphatic hydroxyl groups excluding tert-OH is 1. The van der Waals surface area contributed by atoms with Crippen LogP contribution in [0.3, 0.4) is 0 Å². The van der Waals surface area contributed by atoms with E-state index in [1.807, 2.05) is 35.7 Å². The average molecular weight is 538 g/mol. The summed E-state index contributed by atoms with van der Waals surface area (Å²) in [4.78, 5) is 43.2. The molecular formula is C26H23N3O6S2. The zero-order chi connectivity index (χ0) is 26.1. The van der Waals surface area contributed by atoms with Crippen LogP contribution < -0.4 is 0 Å². The maximum atomic E-state index is 13.1. The third kappa shape index (κ3) is 5.02. The number of hydrogen-bond donors (Lipinski definition) is 1. The summed E-state index contributed by atoms with van der Waals surface area (Å²) < 4.78 is 5.50. The number of aliphatic hydroxyl groups is 1. The third-order valence-corrected chi connectivity index (χ3v) is 8.45. The largest absolute Gasteiger partial charge is 0.456 e. The second-order valence-corrected chi connectivity index (χ2v) is 10.7. The van der Waals surface area contributed by atoms with Gasteiger partial charge in [-0.2, -0.15) is 0 Å². The van der Waals surface area contributed by atoms with Gasteiger partial charge in [-0.15, -0.1) is 23.1 Å². The predicted molar refractivity (Wildman–Crippen MR) is 139 cm³/mol. The number of nitro groups is 1. The highest BCUT2D eigenvalue weighted by atomic mass is 32.2. The molecule has 0 saturated carbocycles. The number of ether oxygens (including phenoxy) is 1. The number of amides is 1. The first-order chi connectivity index (χ1) is 17.8. The number of nitrogens with zero attached hydrogens (tertiary/aromatic N) is 3. The Morgan fingerprint density at radius 2 is 2.00 bits per heavy atom. The van der Waals surface area contributed by atoms with Crippen molar-refractivity contribution in [2.45, 2.75) is 37.9 Å². The van der Waals surface area contributed by atoms with Crippen molar-refractivity contribution in [1.29, 1.82) is 0 Å². The molecule has 5 rings (SSSR count). The molecule has 2 aromatic carbocycles. The summed E-state index contributed by atoms with van der Waals surface area (Å²) in [6.07, 6.45) is -0.355. The average Bonchev–Trinajstić information content (AvgIpc) is 3.49. The molecule has 1 amide bonds. The highest BCUT2D eigenvalue weighted by Gasteiger charge is 2.57. The minimum Gasteiger partial charge on any atom is -0.456 e. The van der Waals surface area contributed by atoms with Crippen molar-refractivity contribution < 1.29 is 24.4 Å². The molecule has 9 nitrogen and oxygen atoms in total. The number of esters is 1. The highest BCUT2D eigenvalue weighted by molar-refractivity contribution is 8.02. The fourth-order valence-corrected chi connectivity index (χ4v) is 6.54. The fourth-order valence-electron chi connectivity index (χ4n) is 4.53. The summed E-state index contributed by atoms with van der Waals surface area (Å²) in [5.41, 5.74) is 2.65. The number of benzene rings is 2. The van der Waals surface area contributed by atoms with Crippen LogP contribution in [0, 0.1) is 16.0 Å². The van der Waals surface area contributed by atoms with Crippen LogP contribution >= 0.6 is 23.1 Å². The Bertz CT molecular complexity index is 1370. The zero-order valence-corrected chi connectivity index (χ0v) is 21.4. The van der Waals surface area contributed by atoms with Gasteiger partial charge in [-0.05, 0) is 24.6 Å². The third-order valence-electron chi connectivity index (χ3n) is 6.37. The lowest BCUT2D eigenvalue weighted by Crippen LogP contribution is -2.61. The second kappa shape index (κ2) is 10.4. The van der Waals surface area contributed by atoms with Gasteiger partial charge in [0.25, 0.3) is 5.69 Å². The van der Waals surface area contributed by atoms with E-state index < -0.39 is 22.9 Å². The molecule has 1 saturated heterocycles. The number of rotatable bonds is 9. The number of nitro benzene ring substituents is 1. The Morgan fingerprint density at radius 3 is 2.68 bits per heavy atom. The lowest BCUT2D eigenvalue weighted by Gasteiger charge is -2.44. The van der Waals surface area contributed by atoms with Crippen LogP contribution in [0.25, 0.3) is 10.6 Å². The van der Waals surface area contributed by atoms with Gasteiger partial charge in [0.1, 0.15) is 17.3 Å². The minimum absolute atomic E-state index is 0.0529. The number of non-ortho nitro benzene ring substituents is 1. The number of carbonyl (C=O) groups excluding carboxylic acids is 2. The highest BCUT2D eigenvalue weighted by Crippen LogP contribution is 2.48. The summed E-state index contributed by atoms with van der Waals surface area (Å²) in [6.45, 7) is 1.50. The molecule has 0 unspecified atom stereocenters. The smallest absolute Gasteiger partial charge is 0.356 e. The fraction of sp³-hybridized carbons (Fsp3) is 0.269.